The van der Waals surface area contributed by atoms with Crippen molar-refractivity contribution in [2.75, 3.05) is 0 Å². The fourth-order valence-electron chi connectivity index (χ4n) is 1.35. The quantitative estimate of drug-likeness (QED) is 0.694. The Morgan fingerprint density at radius 1 is 1.54 bits per heavy atom. The number of hydrogen-bond donors (Lipinski definition) is 0. The maximum Gasteiger partial charge on any atom is 0.124 e. The highest BCUT2D eigenvalue weighted by molar-refractivity contribution is 5.21. The van der Waals surface area contributed by atoms with Crippen LogP contribution in [0.4, 0.5) is 0 Å². The van der Waals surface area contributed by atoms with Crippen LogP contribution in [-0.2, 0) is 13.5 Å². The fourth-order valence-corrected chi connectivity index (χ4v) is 1.35. The van der Waals surface area contributed by atoms with Gasteiger partial charge in [0.05, 0.1) is 11.4 Å². The maximum atomic E-state index is 4.76. The van der Waals surface area contributed by atoms with Crippen molar-refractivity contribution in [2.24, 2.45) is 7.05 Å². The average molecular weight is 177 g/mol. The van der Waals surface area contributed by atoms with Crippen LogP contribution in [0.25, 0.3) is 0 Å². The van der Waals surface area contributed by atoms with Crippen molar-refractivity contribution < 1.29 is 4.52 Å². The summed E-state index contributed by atoms with van der Waals surface area (Å²) in [7, 11) is 1.92. The van der Waals surface area contributed by atoms with E-state index in [2.05, 4.69) is 10.3 Å². The van der Waals surface area contributed by atoms with Crippen molar-refractivity contribution in [2.45, 2.75) is 13.3 Å². The molecule has 2 heterocycles. The molecule has 0 atom stereocenters. The van der Waals surface area contributed by atoms with Crippen molar-refractivity contribution in [1.82, 2.24) is 14.9 Å². The van der Waals surface area contributed by atoms with E-state index in [0.717, 1.165) is 17.8 Å². The monoisotopic (exact) mass is 177 g/mol. The van der Waals surface area contributed by atoms with Crippen molar-refractivity contribution in [1.29, 1.82) is 0 Å². The van der Waals surface area contributed by atoms with Crippen LogP contribution in [-0.4, -0.2) is 14.9 Å². The standard InChI is InChI=1S/C9H11N3O/c1-7-8(6-12(2)10-7)5-9-3-4-13-11-9/h3-4,6H,5H2,1-2H3. The first-order chi connectivity index (χ1) is 6.25. The zero-order valence-electron chi connectivity index (χ0n) is 7.69. The first-order valence-electron chi connectivity index (χ1n) is 4.14. The third kappa shape index (κ3) is 1.61. The summed E-state index contributed by atoms with van der Waals surface area (Å²) in [6.45, 7) is 2.00. The molecule has 2 rings (SSSR count). The van der Waals surface area contributed by atoms with E-state index >= 15 is 0 Å². The van der Waals surface area contributed by atoms with Gasteiger partial charge >= 0.3 is 0 Å². The van der Waals surface area contributed by atoms with Gasteiger partial charge in [-0.05, 0) is 12.5 Å². The molecule has 0 spiro atoms. The lowest BCUT2D eigenvalue weighted by atomic mass is 10.1. The Bertz CT molecular complexity index is 389. The van der Waals surface area contributed by atoms with E-state index in [0.29, 0.717) is 0 Å². The van der Waals surface area contributed by atoms with E-state index in [1.165, 1.54) is 5.56 Å². The summed E-state index contributed by atoms with van der Waals surface area (Å²) < 4.78 is 6.57. The van der Waals surface area contributed by atoms with Crippen LogP contribution in [0.3, 0.4) is 0 Å². The molecule has 0 aliphatic rings. The molecule has 0 amide bonds. The fraction of sp³-hybridized carbons (Fsp3) is 0.333. The van der Waals surface area contributed by atoms with Crippen LogP contribution in [0.1, 0.15) is 17.0 Å². The molecule has 13 heavy (non-hydrogen) atoms. The van der Waals surface area contributed by atoms with Crippen LogP contribution in [0, 0.1) is 6.92 Å². The minimum absolute atomic E-state index is 0.788. The van der Waals surface area contributed by atoms with Crippen LogP contribution >= 0.6 is 0 Å². The van der Waals surface area contributed by atoms with Gasteiger partial charge in [-0.2, -0.15) is 5.10 Å². The number of rotatable bonds is 2. The molecule has 2 aromatic heterocycles. The summed E-state index contributed by atoms with van der Waals surface area (Å²) in [5.41, 5.74) is 3.18. The average Bonchev–Trinajstić information content (AvgIpc) is 2.63. The molecule has 0 aliphatic heterocycles. The molecule has 4 nitrogen and oxygen atoms in total. The highest BCUT2D eigenvalue weighted by atomic mass is 16.5. The Labute approximate surface area is 76.2 Å². The molecule has 0 fully saturated rings. The first-order valence-corrected chi connectivity index (χ1v) is 4.14. The molecule has 68 valence electrons. The molecular weight excluding hydrogens is 166 g/mol. The second-order valence-electron chi connectivity index (χ2n) is 3.08. The van der Waals surface area contributed by atoms with E-state index in [1.807, 2.05) is 30.9 Å². The van der Waals surface area contributed by atoms with Crippen molar-refractivity contribution >= 4 is 0 Å². The lowest BCUT2D eigenvalue weighted by Gasteiger charge is -1.91. The molecule has 0 aromatic carbocycles. The Kier molecular flexibility index (Phi) is 1.88. The molecule has 2 aromatic rings. The van der Waals surface area contributed by atoms with Crippen LogP contribution < -0.4 is 0 Å². The third-order valence-electron chi connectivity index (χ3n) is 1.98. The van der Waals surface area contributed by atoms with Gasteiger partial charge in [-0.1, -0.05) is 5.16 Å². The SMILES string of the molecule is Cc1nn(C)cc1Cc1ccon1. The van der Waals surface area contributed by atoms with Gasteiger partial charge in [0, 0.05) is 25.7 Å². The van der Waals surface area contributed by atoms with E-state index in [4.69, 9.17) is 4.52 Å². The largest absolute Gasteiger partial charge is 0.365 e. The summed E-state index contributed by atoms with van der Waals surface area (Å²) in [4.78, 5) is 0. The lowest BCUT2D eigenvalue weighted by Crippen LogP contribution is -1.88. The summed E-state index contributed by atoms with van der Waals surface area (Å²) >= 11 is 0. The Morgan fingerprint density at radius 2 is 2.38 bits per heavy atom. The molecule has 0 aliphatic carbocycles. The van der Waals surface area contributed by atoms with Crippen molar-refractivity contribution in [3.8, 4) is 0 Å². The van der Waals surface area contributed by atoms with Gasteiger partial charge in [0.15, 0.2) is 0 Å². The van der Waals surface area contributed by atoms with E-state index in [-0.39, 0.29) is 0 Å². The normalized spacial score (nSPS) is 10.6. The van der Waals surface area contributed by atoms with Gasteiger partial charge in [-0.15, -0.1) is 0 Å². The van der Waals surface area contributed by atoms with Crippen LogP contribution in [0.15, 0.2) is 23.0 Å². The molecule has 0 saturated heterocycles. The molecule has 0 N–H and O–H groups in total. The third-order valence-corrected chi connectivity index (χ3v) is 1.98. The summed E-state index contributed by atoms with van der Waals surface area (Å²) in [6.07, 6.45) is 4.38. The van der Waals surface area contributed by atoms with Gasteiger partial charge in [-0.25, -0.2) is 0 Å². The predicted octanol–water partition coefficient (Wildman–Crippen LogP) is 1.31. The zero-order chi connectivity index (χ0) is 9.26. The second-order valence-corrected chi connectivity index (χ2v) is 3.08. The summed E-state index contributed by atoms with van der Waals surface area (Å²) in [6, 6.07) is 1.87. The molecule has 4 heteroatoms. The van der Waals surface area contributed by atoms with E-state index in [1.54, 1.807) is 6.26 Å². The maximum absolute atomic E-state index is 4.76. The van der Waals surface area contributed by atoms with Crippen molar-refractivity contribution in [3.63, 3.8) is 0 Å². The van der Waals surface area contributed by atoms with Gasteiger partial charge in [-0.3, -0.25) is 4.68 Å². The molecule has 0 saturated carbocycles. The number of hydrogen-bond acceptors (Lipinski definition) is 3. The minimum atomic E-state index is 0.788. The molecule has 0 bridgehead atoms. The number of aromatic nitrogens is 3. The number of aryl methyl sites for hydroxylation is 2. The van der Waals surface area contributed by atoms with E-state index < -0.39 is 0 Å². The number of nitrogens with zero attached hydrogens (tertiary/aromatic N) is 3. The Hall–Kier alpha value is -1.58. The predicted molar refractivity (Wildman–Crippen MR) is 47.3 cm³/mol. The Morgan fingerprint density at radius 3 is 2.92 bits per heavy atom. The lowest BCUT2D eigenvalue weighted by molar-refractivity contribution is 0.413. The molecule has 0 radical (unpaired) electrons. The Balaban J connectivity index is 2.23. The van der Waals surface area contributed by atoms with Crippen LogP contribution in [0.2, 0.25) is 0 Å². The minimum Gasteiger partial charge on any atom is -0.365 e. The van der Waals surface area contributed by atoms with Gasteiger partial charge in [0.2, 0.25) is 0 Å². The van der Waals surface area contributed by atoms with Gasteiger partial charge in [0.25, 0.3) is 0 Å². The topological polar surface area (TPSA) is 43.9 Å². The highest BCUT2D eigenvalue weighted by Gasteiger charge is 2.05. The van der Waals surface area contributed by atoms with Crippen molar-refractivity contribution in [3.05, 3.63) is 35.5 Å². The molecular formula is C9H11N3O. The smallest absolute Gasteiger partial charge is 0.124 e. The van der Waals surface area contributed by atoms with Crippen LogP contribution in [0.5, 0.6) is 0 Å². The first kappa shape index (κ1) is 8.04. The molecule has 0 unspecified atom stereocenters. The van der Waals surface area contributed by atoms with Gasteiger partial charge < -0.3 is 4.52 Å². The van der Waals surface area contributed by atoms with Gasteiger partial charge in [0.1, 0.15) is 6.26 Å². The summed E-state index contributed by atoms with van der Waals surface area (Å²) in [5.74, 6) is 0. The van der Waals surface area contributed by atoms with E-state index in [9.17, 15) is 0 Å². The second kappa shape index (κ2) is 3.05. The highest BCUT2D eigenvalue weighted by Crippen LogP contribution is 2.10. The zero-order valence-corrected chi connectivity index (χ0v) is 7.69. The summed E-state index contributed by atoms with van der Waals surface area (Å²) in [5, 5.41) is 8.10.